The van der Waals surface area contributed by atoms with Crippen LogP contribution in [-0.4, -0.2) is 47.7 Å². The molecule has 0 unspecified atom stereocenters. The van der Waals surface area contributed by atoms with E-state index in [4.69, 9.17) is 4.74 Å². The Morgan fingerprint density at radius 2 is 2.12 bits per heavy atom. The Bertz CT molecular complexity index is 628. The normalized spacial score (nSPS) is 15.5. The molecule has 0 aromatic carbocycles. The lowest BCUT2D eigenvalue weighted by Gasteiger charge is -2.33. The molecule has 1 saturated heterocycles. The van der Waals surface area contributed by atoms with Crippen LogP contribution < -0.4 is 9.80 Å². The predicted molar refractivity (Wildman–Crippen MR) is 95.2 cm³/mol. The van der Waals surface area contributed by atoms with E-state index >= 15 is 0 Å². The number of piperidine rings is 1. The van der Waals surface area contributed by atoms with Crippen molar-refractivity contribution in [2.24, 2.45) is 0 Å². The van der Waals surface area contributed by atoms with E-state index in [9.17, 15) is 0 Å². The molecule has 2 aromatic heterocycles. The van der Waals surface area contributed by atoms with E-state index in [-0.39, 0.29) is 0 Å². The van der Waals surface area contributed by atoms with Crippen LogP contribution in [0.15, 0.2) is 36.9 Å². The first-order valence-electron chi connectivity index (χ1n) is 8.55. The van der Waals surface area contributed by atoms with Gasteiger partial charge in [0.1, 0.15) is 18.0 Å². The molecule has 3 heterocycles. The third-order valence-electron chi connectivity index (χ3n) is 4.48. The molecule has 0 amide bonds. The highest BCUT2D eigenvalue weighted by molar-refractivity contribution is 5.49. The Labute approximate surface area is 143 Å². The van der Waals surface area contributed by atoms with Gasteiger partial charge >= 0.3 is 0 Å². The minimum atomic E-state index is 0.307. The number of anilines is 2. The number of ether oxygens (including phenoxy) is 1. The van der Waals surface area contributed by atoms with Gasteiger partial charge in [0.2, 0.25) is 0 Å². The Morgan fingerprint density at radius 3 is 2.83 bits per heavy atom. The van der Waals surface area contributed by atoms with Crippen molar-refractivity contribution in [3.8, 4) is 0 Å². The number of rotatable bonds is 6. The van der Waals surface area contributed by atoms with Crippen molar-refractivity contribution >= 4 is 11.6 Å². The van der Waals surface area contributed by atoms with Gasteiger partial charge in [-0.1, -0.05) is 6.07 Å². The molecule has 1 fully saturated rings. The average molecular weight is 327 g/mol. The van der Waals surface area contributed by atoms with E-state index in [1.54, 1.807) is 12.5 Å². The molecule has 1 aliphatic heterocycles. The van der Waals surface area contributed by atoms with Crippen LogP contribution in [0.1, 0.15) is 25.3 Å². The molecule has 0 spiro atoms. The number of hydrogen-bond donors (Lipinski definition) is 0. The summed E-state index contributed by atoms with van der Waals surface area (Å²) in [5, 5.41) is 0. The lowest BCUT2D eigenvalue weighted by molar-refractivity contribution is 0.0249. The molecule has 3 rings (SSSR count). The number of pyridine rings is 1. The van der Waals surface area contributed by atoms with Crippen molar-refractivity contribution in [2.45, 2.75) is 32.5 Å². The minimum absolute atomic E-state index is 0.307. The van der Waals surface area contributed by atoms with Crippen molar-refractivity contribution < 1.29 is 4.74 Å². The van der Waals surface area contributed by atoms with Gasteiger partial charge in [-0.15, -0.1) is 0 Å². The standard InChI is InChI=1S/C18H25N5O/c1-3-22(2)17-11-18(21-14-20-17)23-9-6-16(7-10-23)24-13-15-5-4-8-19-12-15/h4-5,8,11-12,14,16H,3,6-7,9-10,13H2,1-2H3. The summed E-state index contributed by atoms with van der Waals surface area (Å²) in [6.07, 6.45) is 7.64. The van der Waals surface area contributed by atoms with Crippen LogP contribution in [0.3, 0.4) is 0 Å². The summed E-state index contributed by atoms with van der Waals surface area (Å²) in [5.41, 5.74) is 1.13. The molecule has 1 aliphatic rings. The van der Waals surface area contributed by atoms with Gasteiger partial charge < -0.3 is 14.5 Å². The third-order valence-corrected chi connectivity index (χ3v) is 4.48. The number of aromatic nitrogens is 3. The van der Waals surface area contributed by atoms with Crippen molar-refractivity contribution in [1.29, 1.82) is 0 Å². The van der Waals surface area contributed by atoms with Crippen molar-refractivity contribution in [3.05, 3.63) is 42.5 Å². The summed E-state index contributed by atoms with van der Waals surface area (Å²) >= 11 is 0. The Hall–Kier alpha value is -2.21. The van der Waals surface area contributed by atoms with Crippen LogP contribution >= 0.6 is 0 Å². The summed E-state index contributed by atoms with van der Waals surface area (Å²) in [5.74, 6) is 1.98. The molecule has 0 N–H and O–H groups in total. The summed E-state index contributed by atoms with van der Waals surface area (Å²) in [6, 6.07) is 6.07. The van der Waals surface area contributed by atoms with Gasteiger partial charge in [0.25, 0.3) is 0 Å². The van der Waals surface area contributed by atoms with Crippen LogP contribution in [0.2, 0.25) is 0 Å². The highest BCUT2D eigenvalue weighted by atomic mass is 16.5. The summed E-state index contributed by atoms with van der Waals surface area (Å²) in [6.45, 7) is 5.61. The average Bonchev–Trinajstić information content (AvgIpc) is 2.67. The van der Waals surface area contributed by atoms with Gasteiger partial charge in [0.05, 0.1) is 12.7 Å². The number of hydrogen-bond acceptors (Lipinski definition) is 6. The molecule has 6 nitrogen and oxygen atoms in total. The molecule has 0 aliphatic carbocycles. The molecule has 2 aromatic rings. The van der Waals surface area contributed by atoms with E-state index < -0.39 is 0 Å². The molecule has 24 heavy (non-hydrogen) atoms. The Balaban J connectivity index is 1.51. The second kappa shape index (κ2) is 8.06. The smallest absolute Gasteiger partial charge is 0.134 e. The van der Waals surface area contributed by atoms with Gasteiger partial charge in [0, 0.05) is 45.1 Å². The third kappa shape index (κ3) is 4.20. The lowest BCUT2D eigenvalue weighted by Crippen LogP contribution is -2.37. The predicted octanol–water partition coefficient (Wildman–Crippen LogP) is 2.51. The monoisotopic (exact) mass is 327 g/mol. The number of nitrogens with zero attached hydrogens (tertiary/aromatic N) is 5. The first-order chi connectivity index (χ1) is 11.8. The lowest BCUT2D eigenvalue weighted by atomic mass is 10.1. The van der Waals surface area contributed by atoms with Gasteiger partial charge in [-0.3, -0.25) is 4.98 Å². The van der Waals surface area contributed by atoms with Crippen LogP contribution in [0.4, 0.5) is 11.6 Å². The second-order valence-electron chi connectivity index (χ2n) is 6.11. The van der Waals surface area contributed by atoms with E-state index in [0.717, 1.165) is 49.7 Å². The van der Waals surface area contributed by atoms with Gasteiger partial charge in [-0.2, -0.15) is 0 Å². The zero-order valence-corrected chi connectivity index (χ0v) is 14.4. The van der Waals surface area contributed by atoms with Gasteiger partial charge in [-0.25, -0.2) is 9.97 Å². The molecule has 0 bridgehead atoms. The molecule has 6 heteroatoms. The van der Waals surface area contributed by atoms with Crippen molar-refractivity contribution in [3.63, 3.8) is 0 Å². The summed E-state index contributed by atoms with van der Waals surface area (Å²) in [4.78, 5) is 17.3. The summed E-state index contributed by atoms with van der Waals surface area (Å²) < 4.78 is 6.02. The van der Waals surface area contributed by atoms with Crippen LogP contribution in [-0.2, 0) is 11.3 Å². The van der Waals surface area contributed by atoms with E-state index in [1.807, 2.05) is 19.3 Å². The molecule has 0 atom stereocenters. The second-order valence-corrected chi connectivity index (χ2v) is 6.11. The maximum atomic E-state index is 6.02. The van der Waals surface area contributed by atoms with E-state index in [0.29, 0.717) is 12.7 Å². The fraction of sp³-hybridized carbons (Fsp3) is 0.500. The molecule has 0 saturated carbocycles. The first kappa shape index (κ1) is 16.6. The van der Waals surface area contributed by atoms with Gasteiger partial charge in [0.15, 0.2) is 0 Å². The topological polar surface area (TPSA) is 54.4 Å². The van der Waals surface area contributed by atoms with Gasteiger partial charge in [-0.05, 0) is 31.4 Å². The fourth-order valence-electron chi connectivity index (χ4n) is 2.83. The van der Waals surface area contributed by atoms with Crippen molar-refractivity contribution in [2.75, 3.05) is 36.5 Å². The first-order valence-corrected chi connectivity index (χ1v) is 8.55. The van der Waals surface area contributed by atoms with Crippen molar-refractivity contribution in [1.82, 2.24) is 15.0 Å². The highest BCUT2D eigenvalue weighted by Crippen LogP contribution is 2.22. The SMILES string of the molecule is CCN(C)c1cc(N2CCC(OCc3cccnc3)CC2)ncn1. The fourth-order valence-corrected chi connectivity index (χ4v) is 2.83. The molecular formula is C18H25N5O. The Morgan fingerprint density at radius 1 is 1.29 bits per heavy atom. The maximum Gasteiger partial charge on any atom is 0.134 e. The zero-order chi connectivity index (χ0) is 16.8. The molecule has 128 valence electrons. The quantitative estimate of drug-likeness (QED) is 0.812. The minimum Gasteiger partial charge on any atom is -0.373 e. The van der Waals surface area contributed by atoms with Crippen LogP contribution in [0.25, 0.3) is 0 Å². The van der Waals surface area contributed by atoms with Crippen LogP contribution in [0, 0.1) is 0 Å². The van der Waals surface area contributed by atoms with E-state index in [2.05, 4.69) is 43.8 Å². The zero-order valence-electron chi connectivity index (χ0n) is 14.4. The molecular weight excluding hydrogens is 302 g/mol. The van der Waals surface area contributed by atoms with Crippen LogP contribution in [0.5, 0.6) is 0 Å². The largest absolute Gasteiger partial charge is 0.373 e. The molecule has 0 radical (unpaired) electrons. The maximum absolute atomic E-state index is 6.02. The summed E-state index contributed by atoms with van der Waals surface area (Å²) in [7, 11) is 2.05. The highest BCUT2D eigenvalue weighted by Gasteiger charge is 2.21. The van der Waals surface area contributed by atoms with E-state index in [1.165, 1.54) is 0 Å². The Kier molecular flexibility index (Phi) is 5.59.